The summed E-state index contributed by atoms with van der Waals surface area (Å²) < 4.78 is 5.37. The van der Waals surface area contributed by atoms with Crippen molar-refractivity contribution < 1.29 is 9.57 Å². The summed E-state index contributed by atoms with van der Waals surface area (Å²) in [6.07, 6.45) is 0. The summed E-state index contributed by atoms with van der Waals surface area (Å²) in [4.78, 5) is 6.11. The molecule has 22 heavy (non-hydrogen) atoms. The van der Waals surface area contributed by atoms with Gasteiger partial charge in [0.2, 0.25) is 0 Å². The molecule has 3 rings (SSSR count). The van der Waals surface area contributed by atoms with E-state index in [1.54, 1.807) is 7.11 Å². The minimum absolute atomic E-state index is 0.0567. The van der Waals surface area contributed by atoms with E-state index < -0.39 is 0 Å². The molecule has 0 spiro atoms. The number of hydroxylamine groups is 2. The summed E-state index contributed by atoms with van der Waals surface area (Å²) in [7, 11) is 1.63. The predicted octanol–water partition coefficient (Wildman–Crippen LogP) is 4.85. The highest BCUT2D eigenvalue weighted by Gasteiger charge is 2.42. The van der Waals surface area contributed by atoms with Crippen LogP contribution in [0, 0.1) is 0 Å². The Hall–Kier alpha value is -1.71. The van der Waals surface area contributed by atoms with Gasteiger partial charge in [0.25, 0.3) is 0 Å². The van der Waals surface area contributed by atoms with Crippen molar-refractivity contribution in [2.24, 2.45) is 0 Å². The molecular weight excluding hydrogens is 298 g/mol. The molecular formula is C18H20ClNO2. The zero-order valence-electron chi connectivity index (χ0n) is 13.3. The van der Waals surface area contributed by atoms with Crippen molar-refractivity contribution in [3.63, 3.8) is 0 Å². The van der Waals surface area contributed by atoms with E-state index in [2.05, 4.69) is 32.9 Å². The number of ether oxygens (including phenoxy) is 1. The summed E-state index contributed by atoms with van der Waals surface area (Å²) in [5, 5.41) is 2.61. The Morgan fingerprint density at radius 3 is 2.36 bits per heavy atom. The maximum absolute atomic E-state index is 6.58. The molecule has 2 aromatic rings. The Balaban J connectivity index is 2.19. The standard InChI is InChI=1S/C18H20ClNO2/c1-18(2,3)20-17(12-8-6-5-7-9-12)15-13(22-20)10-11-14(21-4)16(15)19/h5-11,17H,1-4H3. The fraction of sp³-hybridized carbons (Fsp3) is 0.333. The molecule has 0 N–H and O–H groups in total. The Morgan fingerprint density at radius 2 is 1.77 bits per heavy atom. The number of rotatable bonds is 2. The van der Waals surface area contributed by atoms with Crippen LogP contribution in [0.15, 0.2) is 42.5 Å². The molecule has 116 valence electrons. The zero-order valence-corrected chi connectivity index (χ0v) is 14.0. The van der Waals surface area contributed by atoms with E-state index in [0.717, 1.165) is 16.9 Å². The predicted molar refractivity (Wildman–Crippen MR) is 88.5 cm³/mol. The molecule has 1 aliphatic heterocycles. The summed E-state index contributed by atoms with van der Waals surface area (Å²) in [5.74, 6) is 1.45. The number of nitrogens with zero attached hydrogens (tertiary/aromatic N) is 1. The van der Waals surface area contributed by atoms with E-state index in [1.165, 1.54) is 0 Å². The van der Waals surface area contributed by atoms with Gasteiger partial charge in [-0.15, -0.1) is 5.06 Å². The first kappa shape index (κ1) is 15.2. The van der Waals surface area contributed by atoms with Gasteiger partial charge in [0.1, 0.15) is 11.8 Å². The van der Waals surface area contributed by atoms with E-state index in [-0.39, 0.29) is 11.6 Å². The fourth-order valence-electron chi connectivity index (χ4n) is 2.78. The van der Waals surface area contributed by atoms with Crippen molar-refractivity contribution in [3.05, 3.63) is 58.6 Å². The summed E-state index contributed by atoms with van der Waals surface area (Å²) in [6.45, 7) is 6.37. The van der Waals surface area contributed by atoms with Crippen LogP contribution in [0.5, 0.6) is 11.5 Å². The molecule has 1 unspecified atom stereocenters. The van der Waals surface area contributed by atoms with Crippen LogP contribution >= 0.6 is 11.6 Å². The molecule has 0 saturated carbocycles. The van der Waals surface area contributed by atoms with Crippen LogP contribution in [0.1, 0.15) is 37.9 Å². The minimum atomic E-state index is -0.171. The summed E-state index contributed by atoms with van der Waals surface area (Å²) in [6, 6.07) is 14.0. The second kappa shape index (κ2) is 5.49. The first-order chi connectivity index (χ1) is 10.4. The molecule has 0 bridgehead atoms. The summed E-state index contributed by atoms with van der Waals surface area (Å²) in [5.41, 5.74) is 1.93. The van der Waals surface area contributed by atoms with Crippen LogP contribution in [-0.4, -0.2) is 17.7 Å². The smallest absolute Gasteiger partial charge is 0.154 e. The molecule has 3 nitrogen and oxygen atoms in total. The third-order valence-corrected chi connectivity index (χ3v) is 4.20. The van der Waals surface area contributed by atoms with Crippen LogP contribution in [0.2, 0.25) is 5.02 Å². The SMILES string of the molecule is COc1ccc2c(c1Cl)C(c1ccccc1)N(C(C)(C)C)O2. The normalized spacial score (nSPS) is 18.0. The molecule has 0 fully saturated rings. The Labute approximate surface area is 136 Å². The van der Waals surface area contributed by atoms with E-state index >= 15 is 0 Å². The highest BCUT2D eigenvalue weighted by atomic mass is 35.5. The lowest BCUT2D eigenvalue weighted by atomic mass is 9.95. The fourth-order valence-corrected chi connectivity index (χ4v) is 3.12. The first-order valence-electron chi connectivity index (χ1n) is 7.32. The van der Waals surface area contributed by atoms with E-state index in [1.807, 2.05) is 35.4 Å². The molecule has 1 heterocycles. The van der Waals surface area contributed by atoms with E-state index in [4.69, 9.17) is 21.2 Å². The zero-order chi connectivity index (χ0) is 15.9. The molecule has 4 heteroatoms. The van der Waals surface area contributed by atoms with Gasteiger partial charge in [-0.05, 0) is 38.5 Å². The molecule has 1 atom stereocenters. The lowest BCUT2D eigenvalue weighted by Crippen LogP contribution is -2.43. The average molecular weight is 318 g/mol. The minimum Gasteiger partial charge on any atom is -0.495 e. The second-order valence-electron chi connectivity index (χ2n) is 6.39. The van der Waals surface area contributed by atoms with Crippen molar-refractivity contribution >= 4 is 11.6 Å². The third-order valence-electron chi connectivity index (χ3n) is 3.81. The number of hydrogen-bond donors (Lipinski definition) is 0. The van der Waals surface area contributed by atoms with Crippen molar-refractivity contribution in [3.8, 4) is 11.5 Å². The lowest BCUT2D eigenvalue weighted by Gasteiger charge is -2.34. The van der Waals surface area contributed by atoms with E-state index in [9.17, 15) is 0 Å². The molecule has 2 aromatic carbocycles. The van der Waals surface area contributed by atoms with Crippen LogP contribution in [-0.2, 0) is 0 Å². The van der Waals surface area contributed by atoms with Gasteiger partial charge in [-0.2, -0.15) is 0 Å². The van der Waals surface area contributed by atoms with Gasteiger partial charge in [0, 0.05) is 11.1 Å². The molecule has 1 aliphatic rings. The highest BCUT2D eigenvalue weighted by Crippen LogP contribution is 2.50. The summed E-state index contributed by atoms with van der Waals surface area (Å²) >= 11 is 6.58. The van der Waals surface area contributed by atoms with Gasteiger partial charge >= 0.3 is 0 Å². The van der Waals surface area contributed by atoms with Crippen molar-refractivity contribution in [2.75, 3.05) is 7.11 Å². The number of hydrogen-bond acceptors (Lipinski definition) is 3. The van der Waals surface area contributed by atoms with Crippen LogP contribution in [0.4, 0.5) is 0 Å². The van der Waals surface area contributed by atoms with Crippen molar-refractivity contribution in [1.29, 1.82) is 0 Å². The molecule has 0 aromatic heterocycles. The Kier molecular flexibility index (Phi) is 3.79. The van der Waals surface area contributed by atoms with E-state index in [0.29, 0.717) is 10.8 Å². The number of benzene rings is 2. The van der Waals surface area contributed by atoms with Crippen LogP contribution in [0.25, 0.3) is 0 Å². The van der Waals surface area contributed by atoms with Gasteiger partial charge in [-0.1, -0.05) is 41.9 Å². The molecule has 0 radical (unpaired) electrons. The highest BCUT2D eigenvalue weighted by molar-refractivity contribution is 6.33. The molecule has 0 amide bonds. The monoisotopic (exact) mass is 317 g/mol. The lowest BCUT2D eigenvalue weighted by molar-refractivity contribution is -0.128. The van der Waals surface area contributed by atoms with Gasteiger partial charge in [-0.25, -0.2) is 0 Å². The molecule has 0 saturated heterocycles. The number of halogens is 1. The third kappa shape index (κ3) is 2.44. The first-order valence-corrected chi connectivity index (χ1v) is 7.70. The second-order valence-corrected chi connectivity index (χ2v) is 6.77. The van der Waals surface area contributed by atoms with Gasteiger partial charge in [-0.3, -0.25) is 0 Å². The van der Waals surface area contributed by atoms with Gasteiger partial charge in [0.05, 0.1) is 12.1 Å². The average Bonchev–Trinajstić information content (AvgIpc) is 2.89. The van der Waals surface area contributed by atoms with Gasteiger partial charge < -0.3 is 9.57 Å². The number of fused-ring (bicyclic) bond motifs is 1. The Morgan fingerprint density at radius 1 is 1.09 bits per heavy atom. The maximum atomic E-state index is 6.58. The topological polar surface area (TPSA) is 21.7 Å². The quantitative estimate of drug-likeness (QED) is 0.790. The van der Waals surface area contributed by atoms with Crippen molar-refractivity contribution in [2.45, 2.75) is 32.4 Å². The largest absolute Gasteiger partial charge is 0.495 e. The van der Waals surface area contributed by atoms with Crippen molar-refractivity contribution in [1.82, 2.24) is 5.06 Å². The van der Waals surface area contributed by atoms with Crippen LogP contribution < -0.4 is 9.57 Å². The molecule has 0 aliphatic carbocycles. The number of methoxy groups -OCH3 is 1. The maximum Gasteiger partial charge on any atom is 0.154 e. The van der Waals surface area contributed by atoms with Gasteiger partial charge in [0.15, 0.2) is 5.75 Å². The van der Waals surface area contributed by atoms with Crippen LogP contribution in [0.3, 0.4) is 0 Å². The Bertz CT molecular complexity index is 679.